The second kappa shape index (κ2) is 5.42. The van der Waals surface area contributed by atoms with Gasteiger partial charge < -0.3 is 10.4 Å². The Balaban J connectivity index is 2.10. The van der Waals surface area contributed by atoms with Gasteiger partial charge >= 0.3 is 6.09 Å². The van der Waals surface area contributed by atoms with Gasteiger partial charge in [-0.2, -0.15) is 0 Å². The van der Waals surface area contributed by atoms with E-state index in [1.54, 1.807) is 0 Å². The summed E-state index contributed by atoms with van der Waals surface area (Å²) in [6.07, 6.45) is 3.26. The average molecular weight is 247 g/mol. The number of aryl methyl sites for hydroxylation is 2. The van der Waals surface area contributed by atoms with Crippen molar-refractivity contribution in [1.29, 1.82) is 0 Å². The Bertz CT molecular complexity index is 422. The standard InChI is InChI=1S/C15H21NO2/c1-10-6-11(2)8-13(7-10)12-4-3-5-14(9-12)16-15(17)18/h6-8,12,14,16H,3-5,9H2,1-2H3,(H,17,18). The van der Waals surface area contributed by atoms with E-state index in [1.165, 1.54) is 23.1 Å². The normalized spacial score (nSPS) is 23.7. The number of hydrogen-bond donors (Lipinski definition) is 2. The molecule has 1 amide bonds. The first kappa shape index (κ1) is 12.9. The number of benzene rings is 1. The molecule has 1 aromatic carbocycles. The van der Waals surface area contributed by atoms with Crippen LogP contribution in [0.15, 0.2) is 18.2 Å². The number of hydrogen-bond acceptors (Lipinski definition) is 1. The van der Waals surface area contributed by atoms with E-state index in [1.807, 2.05) is 0 Å². The lowest BCUT2D eigenvalue weighted by Gasteiger charge is -2.29. The Morgan fingerprint density at radius 3 is 2.50 bits per heavy atom. The zero-order valence-corrected chi connectivity index (χ0v) is 11.1. The van der Waals surface area contributed by atoms with Crippen LogP contribution in [0.2, 0.25) is 0 Å². The molecule has 0 heterocycles. The van der Waals surface area contributed by atoms with E-state index in [9.17, 15) is 4.79 Å². The first-order valence-electron chi connectivity index (χ1n) is 6.62. The van der Waals surface area contributed by atoms with Gasteiger partial charge in [0.05, 0.1) is 0 Å². The van der Waals surface area contributed by atoms with Crippen molar-refractivity contribution < 1.29 is 9.90 Å². The molecule has 98 valence electrons. The Morgan fingerprint density at radius 2 is 1.89 bits per heavy atom. The highest BCUT2D eigenvalue weighted by molar-refractivity contribution is 5.64. The van der Waals surface area contributed by atoms with Crippen molar-refractivity contribution in [1.82, 2.24) is 5.32 Å². The van der Waals surface area contributed by atoms with Gasteiger partial charge in [-0.05, 0) is 44.6 Å². The Kier molecular flexibility index (Phi) is 3.90. The maximum atomic E-state index is 10.7. The fourth-order valence-electron chi connectivity index (χ4n) is 3.04. The molecule has 0 radical (unpaired) electrons. The summed E-state index contributed by atoms with van der Waals surface area (Å²) in [5.74, 6) is 0.495. The van der Waals surface area contributed by atoms with Crippen LogP contribution in [0.25, 0.3) is 0 Å². The lowest BCUT2D eigenvalue weighted by Crippen LogP contribution is -2.36. The fourth-order valence-corrected chi connectivity index (χ4v) is 3.04. The van der Waals surface area contributed by atoms with Gasteiger partial charge in [-0.1, -0.05) is 35.7 Å². The first-order valence-corrected chi connectivity index (χ1v) is 6.62. The number of carboxylic acid groups (broad SMARTS) is 1. The molecule has 1 aliphatic carbocycles. The zero-order valence-electron chi connectivity index (χ0n) is 11.1. The molecule has 2 atom stereocenters. The van der Waals surface area contributed by atoms with Crippen LogP contribution in [0, 0.1) is 13.8 Å². The summed E-state index contributed by atoms with van der Waals surface area (Å²) in [5, 5.41) is 11.4. The van der Waals surface area contributed by atoms with Gasteiger partial charge in [-0.3, -0.25) is 0 Å². The third kappa shape index (κ3) is 3.25. The summed E-state index contributed by atoms with van der Waals surface area (Å²) in [7, 11) is 0. The zero-order chi connectivity index (χ0) is 13.1. The van der Waals surface area contributed by atoms with Crippen LogP contribution in [0.5, 0.6) is 0 Å². The number of carbonyl (C=O) groups is 1. The van der Waals surface area contributed by atoms with Gasteiger partial charge in [-0.25, -0.2) is 4.79 Å². The maximum Gasteiger partial charge on any atom is 0.404 e. The van der Waals surface area contributed by atoms with Crippen LogP contribution < -0.4 is 5.32 Å². The molecule has 1 saturated carbocycles. The SMILES string of the molecule is Cc1cc(C)cc(C2CCCC(NC(=O)O)C2)c1. The second-order valence-electron chi connectivity index (χ2n) is 5.43. The number of amides is 1. The Hall–Kier alpha value is -1.51. The molecular weight excluding hydrogens is 226 g/mol. The monoisotopic (exact) mass is 247 g/mol. The lowest BCUT2D eigenvalue weighted by atomic mass is 9.80. The van der Waals surface area contributed by atoms with E-state index in [-0.39, 0.29) is 6.04 Å². The van der Waals surface area contributed by atoms with Gasteiger partial charge in [0, 0.05) is 6.04 Å². The summed E-state index contributed by atoms with van der Waals surface area (Å²) in [4.78, 5) is 10.7. The van der Waals surface area contributed by atoms with Crippen molar-refractivity contribution in [2.24, 2.45) is 0 Å². The molecule has 1 aliphatic rings. The lowest BCUT2D eigenvalue weighted by molar-refractivity contribution is 0.184. The van der Waals surface area contributed by atoms with Gasteiger partial charge in [0.25, 0.3) is 0 Å². The molecule has 2 unspecified atom stereocenters. The highest BCUT2D eigenvalue weighted by Crippen LogP contribution is 2.33. The topological polar surface area (TPSA) is 49.3 Å². The van der Waals surface area contributed by atoms with Crippen LogP contribution in [-0.4, -0.2) is 17.2 Å². The van der Waals surface area contributed by atoms with Crippen LogP contribution in [-0.2, 0) is 0 Å². The van der Waals surface area contributed by atoms with E-state index in [0.717, 1.165) is 19.3 Å². The van der Waals surface area contributed by atoms with Crippen LogP contribution in [0.3, 0.4) is 0 Å². The Morgan fingerprint density at radius 1 is 1.22 bits per heavy atom. The van der Waals surface area contributed by atoms with Gasteiger partial charge in [0.1, 0.15) is 0 Å². The van der Waals surface area contributed by atoms with Crippen molar-refractivity contribution in [3.8, 4) is 0 Å². The predicted octanol–water partition coefficient (Wildman–Crippen LogP) is 3.60. The van der Waals surface area contributed by atoms with Crippen molar-refractivity contribution in [2.75, 3.05) is 0 Å². The van der Waals surface area contributed by atoms with Gasteiger partial charge in [-0.15, -0.1) is 0 Å². The summed E-state index contributed by atoms with van der Waals surface area (Å²) >= 11 is 0. The van der Waals surface area contributed by atoms with Gasteiger partial charge in [0.2, 0.25) is 0 Å². The highest BCUT2D eigenvalue weighted by atomic mass is 16.4. The molecular formula is C15H21NO2. The summed E-state index contributed by atoms with van der Waals surface area (Å²) in [6, 6.07) is 6.77. The second-order valence-corrected chi connectivity index (χ2v) is 5.43. The summed E-state index contributed by atoms with van der Waals surface area (Å²) in [6.45, 7) is 4.23. The molecule has 0 spiro atoms. The minimum atomic E-state index is -0.902. The molecule has 3 nitrogen and oxygen atoms in total. The van der Waals surface area contributed by atoms with Gasteiger partial charge in [0.15, 0.2) is 0 Å². The van der Waals surface area contributed by atoms with Crippen molar-refractivity contribution in [3.63, 3.8) is 0 Å². The van der Waals surface area contributed by atoms with E-state index >= 15 is 0 Å². The molecule has 2 N–H and O–H groups in total. The van der Waals surface area contributed by atoms with Crippen molar-refractivity contribution in [3.05, 3.63) is 34.9 Å². The largest absolute Gasteiger partial charge is 0.465 e. The van der Waals surface area contributed by atoms with E-state index < -0.39 is 6.09 Å². The Labute approximate surface area is 108 Å². The number of rotatable bonds is 2. The van der Waals surface area contributed by atoms with E-state index in [2.05, 4.69) is 37.4 Å². The molecule has 0 bridgehead atoms. The number of nitrogens with one attached hydrogen (secondary N) is 1. The van der Waals surface area contributed by atoms with Crippen LogP contribution in [0.1, 0.15) is 48.3 Å². The van der Waals surface area contributed by atoms with Crippen LogP contribution in [0.4, 0.5) is 4.79 Å². The summed E-state index contributed by atoms with van der Waals surface area (Å²) < 4.78 is 0. The molecule has 3 heteroatoms. The van der Waals surface area contributed by atoms with E-state index in [0.29, 0.717) is 5.92 Å². The van der Waals surface area contributed by atoms with E-state index in [4.69, 9.17) is 5.11 Å². The fraction of sp³-hybridized carbons (Fsp3) is 0.533. The molecule has 1 aromatic rings. The maximum absolute atomic E-state index is 10.7. The minimum absolute atomic E-state index is 0.113. The predicted molar refractivity (Wildman–Crippen MR) is 72.1 cm³/mol. The molecule has 18 heavy (non-hydrogen) atoms. The highest BCUT2D eigenvalue weighted by Gasteiger charge is 2.24. The minimum Gasteiger partial charge on any atom is -0.465 e. The molecule has 0 saturated heterocycles. The smallest absolute Gasteiger partial charge is 0.404 e. The third-order valence-electron chi connectivity index (χ3n) is 3.72. The quantitative estimate of drug-likeness (QED) is 0.839. The summed E-state index contributed by atoms with van der Waals surface area (Å²) in [5.41, 5.74) is 3.95. The van der Waals surface area contributed by atoms with Crippen LogP contribution >= 0.6 is 0 Å². The third-order valence-corrected chi connectivity index (χ3v) is 3.72. The molecule has 0 aromatic heterocycles. The van der Waals surface area contributed by atoms with Crippen molar-refractivity contribution >= 4 is 6.09 Å². The molecule has 1 fully saturated rings. The molecule has 2 rings (SSSR count). The first-order chi connectivity index (χ1) is 8.54. The van der Waals surface area contributed by atoms with Crippen molar-refractivity contribution in [2.45, 2.75) is 51.5 Å². The molecule has 0 aliphatic heterocycles. The average Bonchev–Trinajstić information content (AvgIpc) is 2.27.